The largest absolute Gasteiger partial charge is 0.465 e. The molecule has 12 nitrogen and oxygen atoms in total. The van der Waals surface area contributed by atoms with Gasteiger partial charge in [0.25, 0.3) is 17.5 Å². The number of nitro groups is 1. The van der Waals surface area contributed by atoms with Gasteiger partial charge in [-0.3, -0.25) is 24.5 Å². The molecule has 2 aromatic rings. The zero-order valence-electron chi connectivity index (χ0n) is 19.7. The molecule has 0 atom stereocenters. The minimum Gasteiger partial charge on any atom is -0.465 e. The third kappa shape index (κ3) is 5.21. The van der Waals surface area contributed by atoms with Gasteiger partial charge in [-0.05, 0) is 42.9 Å². The van der Waals surface area contributed by atoms with E-state index >= 15 is 0 Å². The maximum absolute atomic E-state index is 13.2. The quantitative estimate of drug-likeness (QED) is 0.360. The summed E-state index contributed by atoms with van der Waals surface area (Å²) in [6, 6.07) is 6.66. The van der Waals surface area contributed by atoms with E-state index in [2.05, 4.69) is 10.1 Å². The van der Waals surface area contributed by atoms with E-state index in [9.17, 15) is 29.3 Å². The summed E-state index contributed by atoms with van der Waals surface area (Å²) in [7, 11) is 1.16. The monoisotopic (exact) mass is 498 g/mol. The van der Waals surface area contributed by atoms with Crippen molar-refractivity contribution >= 4 is 29.4 Å². The van der Waals surface area contributed by atoms with Crippen molar-refractivity contribution in [1.82, 2.24) is 15.1 Å². The Morgan fingerprint density at radius 3 is 2.36 bits per heavy atom. The number of non-ortho nitro benzene ring substituents is 1. The Labute approximate surface area is 206 Å². The van der Waals surface area contributed by atoms with Gasteiger partial charge in [0.05, 0.1) is 30.4 Å². The third-order valence-corrected chi connectivity index (χ3v) is 6.84. The van der Waals surface area contributed by atoms with Crippen LogP contribution in [0.25, 0.3) is 0 Å². The van der Waals surface area contributed by atoms with Crippen LogP contribution in [0.5, 0.6) is 0 Å². The maximum atomic E-state index is 13.2. The summed E-state index contributed by atoms with van der Waals surface area (Å²) in [4.78, 5) is 63.6. The van der Waals surface area contributed by atoms with Crippen molar-refractivity contribution in [3.05, 3.63) is 63.6 Å². The standard InChI is InChI=1S/C24H26N4O8/c1-35-23(32)17-11-16(12-18(13-17)28(33)34)22(31)27-9-6-24(15-27)4-7-26(8-5-24)20(29)14-25-21(30)19-3-2-10-36-19/h2-3,10-13H,4-9,14-15H2,1H3,(H,25,30). The topological polar surface area (TPSA) is 152 Å². The molecule has 12 heteroatoms. The van der Waals surface area contributed by atoms with Crippen molar-refractivity contribution in [2.24, 2.45) is 5.41 Å². The number of esters is 1. The molecule has 1 aromatic carbocycles. The molecule has 1 aromatic heterocycles. The van der Waals surface area contributed by atoms with Crippen molar-refractivity contribution in [2.75, 3.05) is 39.8 Å². The number of ether oxygens (including phenoxy) is 1. The molecular formula is C24H26N4O8. The SMILES string of the molecule is COC(=O)c1cc(C(=O)N2CCC3(CCN(C(=O)CNC(=O)c4ccco4)CC3)C2)cc([N+](=O)[O-])c1. The molecule has 3 amide bonds. The van der Waals surface area contributed by atoms with Crippen LogP contribution in [0, 0.1) is 15.5 Å². The van der Waals surface area contributed by atoms with Gasteiger partial charge in [0, 0.05) is 43.9 Å². The number of amides is 3. The lowest BCUT2D eigenvalue weighted by atomic mass is 9.78. The number of benzene rings is 1. The number of hydrogen-bond donors (Lipinski definition) is 1. The van der Waals surface area contributed by atoms with Crippen LogP contribution in [0.15, 0.2) is 41.0 Å². The van der Waals surface area contributed by atoms with Crippen LogP contribution < -0.4 is 5.32 Å². The number of nitro benzene ring substituents is 1. The summed E-state index contributed by atoms with van der Waals surface area (Å²) >= 11 is 0. The molecule has 0 saturated carbocycles. The molecule has 3 heterocycles. The number of carbonyl (C=O) groups is 4. The molecule has 1 N–H and O–H groups in total. The van der Waals surface area contributed by atoms with E-state index in [1.807, 2.05) is 0 Å². The van der Waals surface area contributed by atoms with Gasteiger partial charge in [-0.2, -0.15) is 0 Å². The summed E-state index contributed by atoms with van der Waals surface area (Å²) in [5, 5.41) is 13.9. The average Bonchev–Trinajstić information content (AvgIpc) is 3.57. The molecule has 2 fully saturated rings. The van der Waals surface area contributed by atoms with E-state index in [4.69, 9.17) is 4.42 Å². The fourth-order valence-corrected chi connectivity index (χ4v) is 4.77. The summed E-state index contributed by atoms with van der Waals surface area (Å²) in [6.07, 6.45) is 3.51. The first-order chi connectivity index (χ1) is 17.2. The molecule has 0 aliphatic carbocycles. The van der Waals surface area contributed by atoms with E-state index in [0.29, 0.717) is 39.0 Å². The summed E-state index contributed by atoms with van der Waals surface area (Å²) in [5.41, 5.74) is -0.520. The van der Waals surface area contributed by atoms with Gasteiger partial charge in [-0.1, -0.05) is 0 Å². The normalized spacial score (nSPS) is 16.6. The summed E-state index contributed by atoms with van der Waals surface area (Å²) < 4.78 is 9.67. The van der Waals surface area contributed by atoms with Crippen molar-refractivity contribution < 1.29 is 33.3 Å². The number of hydrogen-bond acceptors (Lipinski definition) is 8. The number of furan rings is 1. The highest BCUT2D eigenvalue weighted by atomic mass is 16.6. The van der Waals surface area contributed by atoms with Gasteiger partial charge in [0.1, 0.15) is 0 Å². The van der Waals surface area contributed by atoms with Crippen LogP contribution in [0.1, 0.15) is 50.5 Å². The lowest BCUT2D eigenvalue weighted by Gasteiger charge is -2.39. The lowest BCUT2D eigenvalue weighted by Crippen LogP contribution is -2.47. The molecule has 0 bridgehead atoms. The minimum absolute atomic E-state index is 0.0570. The molecule has 0 unspecified atom stereocenters. The highest BCUT2D eigenvalue weighted by Gasteiger charge is 2.43. The first kappa shape index (κ1) is 24.9. The summed E-state index contributed by atoms with van der Waals surface area (Å²) in [5.74, 6) is -1.66. The minimum atomic E-state index is -0.761. The number of nitrogens with zero attached hydrogens (tertiary/aromatic N) is 3. The Bertz CT molecular complexity index is 1180. The number of methoxy groups -OCH3 is 1. The van der Waals surface area contributed by atoms with Crippen molar-refractivity contribution in [1.29, 1.82) is 0 Å². The van der Waals surface area contributed by atoms with E-state index in [-0.39, 0.29) is 46.3 Å². The fourth-order valence-electron chi connectivity index (χ4n) is 4.77. The second-order valence-electron chi connectivity index (χ2n) is 9.03. The number of likely N-dealkylation sites (tertiary alicyclic amines) is 2. The van der Waals surface area contributed by atoms with Crippen LogP contribution >= 0.6 is 0 Å². The molecular weight excluding hydrogens is 472 g/mol. The highest BCUT2D eigenvalue weighted by Crippen LogP contribution is 2.41. The zero-order valence-corrected chi connectivity index (χ0v) is 19.7. The predicted molar refractivity (Wildman–Crippen MR) is 124 cm³/mol. The number of rotatable bonds is 6. The molecule has 36 heavy (non-hydrogen) atoms. The molecule has 190 valence electrons. The van der Waals surface area contributed by atoms with Crippen LogP contribution in [0.4, 0.5) is 5.69 Å². The Balaban J connectivity index is 1.35. The van der Waals surface area contributed by atoms with Gasteiger partial charge in [0.2, 0.25) is 5.91 Å². The van der Waals surface area contributed by atoms with E-state index in [1.165, 1.54) is 18.4 Å². The van der Waals surface area contributed by atoms with Crippen LogP contribution in [-0.4, -0.2) is 78.2 Å². The predicted octanol–water partition coefficient (Wildman–Crippen LogP) is 1.86. The van der Waals surface area contributed by atoms with Gasteiger partial charge >= 0.3 is 5.97 Å². The number of nitrogens with one attached hydrogen (secondary N) is 1. The van der Waals surface area contributed by atoms with Gasteiger partial charge < -0.3 is 24.3 Å². The molecule has 1 spiro atoms. The van der Waals surface area contributed by atoms with Gasteiger partial charge in [-0.15, -0.1) is 0 Å². The molecule has 0 radical (unpaired) electrons. The lowest BCUT2D eigenvalue weighted by molar-refractivity contribution is -0.384. The fraction of sp³-hybridized carbons (Fsp3) is 0.417. The van der Waals surface area contributed by atoms with E-state index in [1.54, 1.807) is 15.9 Å². The molecule has 2 aliphatic heterocycles. The number of carbonyl (C=O) groups excluding carboxylic acids is 4. The molecule has 2 aliphatic rings. The first-order valence-electron chi connectivity index (χ1n) is 11.5. The van der Waals surface area contributed by atoms with Crippen LogP contribution in [-0.2, 0) is 9.53 Å². The second kappa shape index (κ2) is 10.2. The number of piperidine rings is 1. The third-order valence-electron chi connectivity index (χ3n) is 6.84. The van der Waals surface area contributed by atoms with Gasteiger partial charge in [0.15, 0.2) is 5.76 Å². The van der Waals surface area contributed by atoms with Crippen molar-refractivity contribution in [3.63, 3.8) is 0 Å². The summed E-state index contributed by atoms with van der Waals surface area (Å²) in [6.45, 7) is 1.80. The molecule has 4 rings (SSSR count). The van der Waals surface area contributed by atoms with Crippen LogP contribution in [0.3, 0.4) is 0 Å². The van der Waals surface area contributed by atoms with Crippen molar-refractivity contribution in [3.8, 4) is 0 Å². The Morgan fingerprint density at radius 2 is 1.75 bits per heavy atom. The smallest absolute Gasteiger partial charge is 0.338 e. The van der Waals surface area contributed by atoms with E-state index < -0.39 is 16.8 Å². The molecule has 2 saturated heterocycles. The maximum Gasteiger partial charge on any atom is 0.338 e. The zero-order chi connectivity index (χ0) is 25.9. The van der Waals surface area contributed by atoms with Crippen LogP contribution in [0.2, 0.25) is 0 Å². The Hall–Kier alpha value is -4.22. The Morgan fingerprint density at radius 1 is 1.08 bits per heavy atom. The van der Waals surface area contributed by atoms with E-state index in [0.717, 1.165) is 25.7 Å². The van der Waals surface area contributed by atoms with Crippen molar-refractivity contribution in [2.45, 2.75) is 19.3 Å². The second-order valence-corrected chi connectivity index (χ2v) is 9.03. The first-order valence-corrected chi connectivity index (χ1v) is 11.5. The average molecular weight is 498 g/mol. The Kier molecular flexibility index (Phi) is 7.04. The highest BCUT2D eigenvalue weighted by molar-refractivity contribution is 5.99. The van der Waals surface area contributed by atoms with Gasteiger partial charge in [-0.25, -0.2) is 4.79 Å².